The summed E-state index contributed by atoms with van der Waals surface area (Å²) in [5.74, 6) is 0.689. The summed E-state index contributed by atoms with van der Waals surface area (Å²) >= 11 is 0. The van der Waals surface area contributed by atoms with E-state index in [0.29, 0.717) is 29.1 Å². The van der Waals surface area contributed by atoms with Crippen molar-refractivity contribution < 1.29 is 4.74 Å². The lowest BCUT2D eigenvalue weighted by Crippen LogP contribution is -2.23. The summed E-state index contributed by atoms with van der Waals surface area (Å²) in [5, 5.41) is 4.50. The highest BCUT2D eigenvalue weighted by molar-refractivity contribution is 5.93. The Balaban J connectivity index is 2.15. The van der Waals surface area contributed by atoms with Crippen LogP contribution in [0.15, 0.2) is 35.5 Å². The first-order valence-electron chi connectivity index (χ1n) is 7.44. The highest BCUT2D eigenvalue weighted by Crippen LogP contribution is 2.25. The van der Waals surface area contributed by atoms with Crippen LogP contribution in [0.4, 0.5) is 11.8 Å². The van der Waals surface area contributed by atoms with Crippen molar-refractivity contribution in [1.82, 2.24) is 19.9 Å². The van der Waals surface area contributed by atoms with Gasteiger partial charge in [0.25, 0.3) is 5.56 Å². The smallest absolute Gasteiger partial charge is 0.259 e. The van der Waals surface area contributed by atoms with Crippen LogP contribution in [-0.4, -0.2) is 39.7 Å². The molecular weight excluding hydrogens is 308 g/mol. The van der Waals surface area contributed by atoms with E-state index in [-0.39, 0.29) is 17.5 Å². The first-order chi connectivity index (χ1) is 11.6. The Morgan fingerprint density at radius 1 is 1.38 bits per heavy atom. The van der Waals surface area contributed by atoms with Crippen LogP contribution in [0.3, 0.4) is 0 Å². The molecule has 0 saturated heterocycles. The molecule has 0 aliphatic rings. The number of nitrogens with two attached hydrogens (primary N) is 1. The third-order valence-electron chi connectivity index (χ3n) is 3.52. The van der Waals surface area contributed by atoms with E-state index < -0.39 is 0 Å². The van der Waals surface area contributed by atoms with Crippen molar-refractivity contribution in [3.05, 3.63) is 41.1 Å². The molecule has 0 bridgehead atoms. The zero-order valence-electron chi connectivity index (χ0n) is 13.4. The van der Waals surface area contributed by atoms with Gasteiger partial charge in [0, 0.05) is 37.3 Å². The van der Waals surface area contributed by atoms with Crippen molar-refractivity contribution in [1.29, 1.82) is 0 Å². The van der Waals surface area contributed by atoms with Gasteiger partial charge in [-0.2, -0.15) is 0 Å². The summed E-state index contributed by atoms with van der Waals surface area (Å²) in [6, 6.07) is 3.64. The van der Waals surface area contributed by atoms with Gasteiger partial charge in [0.05, 0.1) is 17.7 Å². The lowest BCUT2D eigenvalue weighted by Gasteiger charge is -2.16. The minimum Gasteiger partial charge on any atom is -0.383 e. The first kappa shape index (κ1) is 15.9. The Bertz CT molecular complexity index is 907. The Labute approximate surface area is 138 Å². The number of methoxy groups -OCH3 is 1. The van der Waals surface area contributed by atoms with Crippen molar-refractivity contribution in [2.24, 2.45) is 0 Å². The maximum absolute atomic E-state index is 12.2. The molecule has 0 aromatic carbocycles. The van der Waals surface area contributed by atoms with Crippen molar-refractivity contribution in [3.63, 3.8) is 0 Å². The predicted octanol–water partition coefficient (Wildman–Crippen LogP) is 1.41. The number of nitrogens with one attached hydrogen (secondary N) is 2. The largest absolute Gasteiger partial charge is 0.383 e. The first-order valence-corrected chi connectivity index (χ1v) is 7.44. The van der Waals surface area contributed by atoms with E-state index in [2.05, 4.69) is 25.3 Å². The Morgan fingerprint density at radius 3 is 2.83 bits per heavy atom. The van der Waals surface area contributed by atoms with Gasteiger partial charge >= 0.3 is 0 Å². The van der Waals surface area contributed by atoms with Crippen LogP contribution >= 0.6 is 0 Å². The van der Waals surface area contributed by atoms with E-state index in [9.17, 15) is 4.79 Å². The third kappa shape index (κ3) is 3.18. The number of aromatic amines is 1. The normalized spacial score (nSPS) is 12.2. The SMILES string of the molecule is COCC(C)Nc1nc(-c2cnc(N)nc2)cc2cc[nH]c(=O)c12. The maximum Gasteiger partial charge on any atom is 0.259 e. The van der Waals surface area contributed by atoms with Crippen LogP contribution in [0, 0.1) is 0 Å². The zero-order chi connectivity index (χ0) is 17.1. The minimum absolute atomic E-state index is 0.0109. The van der Waals surface area contributed by atoms with Crippen LogP contribution in [0.25, 0.3) is 22.0 Å². The second-order valence-corrected chi connectivity index (χ2v) is 5.46. The molecule has 0 aliphatic carbocycles. The summed E-state index contributed by atoms with van der Waals surface area (Å²) in [6.07, 6.45) is 4.81. The molecule has 4 N–H and O–H groups in total. The average Bonchev–Trinajstić information content (AvgIpc) is 2.55. The topological polar surface area (TPSA) is 119 Å². The standard InChI is InChI=1S/C16H18N6O2/c1-9(8-24-2)21-14-13-10(3-4-18-15(13)23)5-12(22-14)11-6-19-16(17)20-7-11/h3-7,9H,8H2,1-2H3,(H,18,23)(H,21,22)(H2,17,19,20). The molecule has 0 aliphatic heterocycles. The fraction of sp³-hybridized carbons (Fsp3) is 0.250. The lowest BCUT2D eigenvalue weighted by molar-refractivity contribution is 0.190. The highest BCUT2D eigenvalue weighted by Gasteiger charge is 2.13. The molecule has 0 saturated carbocycles. The van der Waals surface area contributed by atoms with Gasteiger partial charge in [-0.15, -0.1) is 0 Å². The highest BCUT2D eigenvalue weighted by atomic mass is 16.5. The van der Waals surface area contributed by atoms with Gasteiger partial charge < -0.3 is 20.8 Å². The number of anilines is 2. The number of hydrogen-bond donors (Lipinski definition) is 3. The van der Waals surface area contributed by atoms with Crippen molar-refractivity contribution in [2.75, 3.05) is 24.8 Å². The molecule has 0 spiro atoms. The van der Waals surface area contributed by atoms with E-state index in [1.54, 1.807) is 25.7 Å². The molecule has 24 heavy (non-hydrogen) atoms. The molecule has 0 radical (unpaired) electrons. The van der Waals surface area contributed by atoms with Gasteiger partial charge in [-0.05, 0) is 24.4 Å². The number of fused-ring (bicyclic) bond motifs is 1. The van der Waals surface area contributed by atoms with Crippen LogP contribution in [-0.2, 0) is 4.74 Å². The van der Waals surface area contributed by atoms with Gasteiger partial charge in [-0.3, -0.25) is 4.79 Å². The Hall–Kier alpha value is -3.00. The summed E-state index contributed by atoms with van der Waals surface area (Å²) in [4.78, 5) is 27.5. The third-order valence-corrected chi connectivity index (χ3v) is 3.52. The Morgan fingerprint density at radius 2 is 2.12 bits per heavy atom. The van der Waals surface area contributed by atoms with Gasteiger partial charge in [0.1, 0.15) is 5.82 Å². The zero-order valence-corrected chi connectivity index (χ0v) is 13.4. The number of aromatic nitrogens is 4. The number of nitrogen functional groups attached to an aromatic ring is 1. The summed E-state index contributed by atoms with van der Waals surface area (Å²) in [5.41, 5.74) is 6.70. The summed E-state index contributed by atoms with van der Waals surface area (Å²) in [7, 11) is 1.62. The molecule has 3 heterocycles. The number of ether oxygens (including phenoxy) is 1. The molecular formula is C16H18N6O2. The van der Waals surface area contributed by atoms with Gasteiger partial charge in [0.2, 0.25) is 5.95 Å². The quantitative estimate of drug-likeness (QED) is 0.648. The molecule has 3 aromatic rings. The molecule has 124 valence electrons. The number of rotatable bonds is 5. The van der Waals surface area contributed by atoms with E-state index in [4.69, 9.17) is 10.5 Å². The molecule has 3 aromatic heterocycles. The van der Waals surface area contributed by atoms with Crippen LogP contribution in [0.2, 0.25) is 0 Å². The molecule has 8 heteroatoms. The summed E-state index contributed by atoms with van der Waals surface area (Å²) < 4.78 is 5.14. The van der Waals surface area contributed by atoms with Gasteiger partial charge in [0.15, 0.2) is 0 Å². The molecule has 0 amide bonds. The molecule has 3 rings (SSSR count). The second kappa shape index (κ2) is 6.63. The predicted molar refractivity (Wildman–Crippen MR) is 92.8 cm³/mol. The fourth-order valence-corrected chi connectivity index (χ4v) is 2.46. The number of nitrogens with zero attached hydrogens (tertiary/aromatic N) is 3. The van der Waals surface area contributed by atoms with E-state index in [0.717, 1.165) is 5.39 Å². The van der Waals surface area contributed by atoms with Gasteiger partial charge in [-0.1, -0.05) is 0 Å². The van der Waals surface area contributed by atoms with Crippen LogP contribution in [0.5, 0.6) is 0 Å². The number of H-pyrrole nitrogens is 1. The van der Waals surface area contributed by atoms with E-state index >= 15 is 0 Å². The second-order valence-electron chi connectivity index (χ2n) is 5.46. The molecule has 8 nitrogen and oxygen atoms in total. The molecule has 1 unspecified atom stereocenters. The van der Waals surface area contributed by atoms with Crippen LogP contribution < -0.4 is 16.6 Å². The molecule has 1 atom stereocenters. The van der Waals surface area contributed by atoms with Crippen LogP contribution in [0.1, 0.15) is 6.92 Å². The lowest BCUT2D eigenvalue weighted by atomic mass is 10.1. The fourth-order valence-electron chi connectivity index (χ4n) is 2.46. The van der Waals surface area contributed by atoms with E-state index in [1.807, 2.05) is 19.1 Å². The number of hydrogen-bond acceptors (Lipinski definition) is 7. The maximum atomic E-state index is 12.2. The molecule has 0 fully saturated rings. The monoisotopic (exact) mass is 326 g/mol. The number of pyridine rings is 2. The minimum atomic E-state index is -0.202. The van der Waals surface area contributed by atoms with Crippen molar-refractivity contribution in [2.45, 2.75) is 13.0 Å². The van der Waals surface area contributed by atoms with Crippen molar-refractivity contribution in [3.8, 4) is 11.3 Å². The summed E-state index contributed by atoms with van der Waals surface area (Å²) in [6.45, 7) is 2.44. The van der Waals surface area contributed by atoms with Gasteiger partial charge in [-0.25, -0.2) is 15.0 Å². The van der Waals surface area contributed by atoms with Crippen molar-refractivity contribution >= 4 is 22.5 Å². The average molecular weight is 326 g/mol. The van der Waals surface area contributed by atoms with E-state index in [1.165, 1.54) is 0 Å². The Kier molecular flexibility index (Phi) is 4.39.